The van der Waals surface area contributed by atoms with Crippen LogP contribution in [0.5, 0.6) is 5.75 Å². The fourth-order valence-corrected chi connectivity index (χ4v) is 3.37. The van der Waals surface area contributed by atoms with E-state index in [0.29, 0.717) is 11.3 Å². The molecule has 130 valence electrons. The average Bonchev–Trinajstić information content (AvgIpc) is 2.52. The van der Waals surface area contributed by atoms with Crippen molar-refractivity contribution in [1.82, 2.24) is 0 Å². The first-order valence-electron chi connectivity index (χ1n) is 7.96. The zero-order chi connectivity index (χ0) is 18.2. The minimum Gasteiger partial charge on any atom is -0.449 e. The number of ether oxygens (including phenoxy) is 1. The Hall–Kier alpha value is -3.02. The molecule has 0 aromatic heterocycles. The van der Waals surface area contributed by atoms with Gasteiger partial charge in [0.2, 0.25) is 5.91 Å². The van der Waals surface area contributed by atoms with Gasteiger partial charge in [-0.05, 0) is 53.3 Å². The number of amides is 1. The van der Waals surface area contributed by atoms with Crippen molar-refractivity contribution in [3.05, 3.63) is 59.2 Å². The Labute approximate surface area is 145 Å². The Morgan fingerprint density at radius 2 is 2.00 bits per heavy atom. The molecule has 2 aromatic rings. The van der Waals surface area contributed by atoms with Crippen molar-refractivity contribution in [2.45, 2.75) is 26.3 Å². The lowest BCUT2D eigenvalue weighted by molar-refractivity contribution is 0.0999. The van der Waals surface area contributed by atoms with Crippen molar-refractivity contribution < 1.29 is 19.4 Å². The van der Waals surface area contributed by atoms with Crippen molar-refractivity contribution in [2.75, 3.05) is 5.32 Å². The van der Waals surface area contributed by atoms with Crippen LogP contribution in [0.15, 0.2) is 42.5 Å². The third-order valence-corrected chi connectivity index (χ3v) is 4.51. The summed E-state index contributed by atoms with van der Waals surface area (Å²) in [6, 6.07) is 12.5. The molecule has 1 amide bonds. The van der Waals surface area contributed by atoms with Gasteiger partial charge in [-0.25, -0.2) is 4.79 Å². The third-order valence-electron chi connectivity index (χ3n) is 4.51. The lowest BCUT2D eigenvalue weighted by Gasteiger charge is -2.41. The van der Waals surface area contributed by atoms with Crippen LogP contribution in [0.1, 0.15) is 41.4 Å². The van der Waals surface area contributed by atoms with Gasteiger partial charge < -0.3 is 20.9 Å². The van der Waals surface area contributed by atoms with E-state index < -0.39 is 12.1 Å². The van der Waals surface area contributed by atoms with Crippen LogP contribution in [0.3, 0.4) is 0 Å². The number of nitrogens with two attached hydrogens (primary N) is 1. The summed E-state index contributed by atoms with van der Waals surface area (Å²) in [6.07, 6.45) is -0.596. The lowest BCUT2D eigenvalue weighted by Crippen LogP contribution is -2.35. The van der Waals surface area contributed by atoms with Gasteiger partial charge in [0.1, 0.15) is 5.75 Å². The van der Waals surface area contributed by atoms with E-state index in [4.69, 9.17) is 15.6 Å². The molecule has 1 unspecified atom stereocenters. The Balaban J connectivity index is 1.95. The summed E-state index contributed by atoms with van der Waals surface area (Å²) < 4.78 is 4.74. The van der Waals surface area contributed by atoms with E-state index in [1.807, 2.05) is 24.3 Å². The number of carbonyl (C=O) groups is 2. The number of hydrogen-bond acceptors (Lipinski definition) is 4. The molecule has 1 aliphatic rings. The summed E-state index contributed by atoms with van der Waals surface area (Å²) in [4.78, 5) is 22.2. The molecule has 4 N–H and O–H groups in total. The first-order valence-corrected chi connectivity index (χ1v) is 7.96. The minimum atomic E-state index is -1.33. The van der Waals surface area contributed by atoms with Crippen molar-refractivity contribution in [3.63, 3.8) is 0 Å². The predicted molar refractivity (Wildman–Crippen MR) is 93.9 cm³/mol. The van der Waals surface area contributed by atoms with E-state index in [0.717, 1.165) is 23.2 Å². The number of rotatable bonds is 3. The molecule has 0 radical (unpaired) electrons. The first kappa shape index (κ1) is 16.8. The Kier molecular flexibility index (Phi) is 4.12. The second-order valence-corrected chi connectivity index (χ2v) is 6.92. The molecule has 1 atom stereocenters. The topological polar surface area (TPSA) is 102 Å². The van der Waals surface area contributed by atoms with E-state index in [-0.39, 0.29) is 11.5 Å². The number of carbonyl (C=O) groups excluding carboxylic acids is 1. The summed E-state index contributed by atoms with van der Waals surface area (Å²) in [6.45, 7) is 4.24. The van der Waals surface area contributed by atoms with Crippen LogP contribution in [-0.2, 0) is 6.42 Å². The number of primary amides is 1. The molecule has 0 bridgehead atoms. The van der Waals surface area contributed by atoms with Crippen LogP contribution in [-0.4, -0.2) is 17.2 Å². The van der Waals surface area contributed by atoms with Gasteiger partial charge in [0.25, 0.3) is 0 Å². The second-order valence-electron chi connectivity index (χ2n) is 6.92. The Morgan fingerprint density at radius 1 is 1.24 bits per heavy atom. The molecule has 0 spiro atoms. The summed E-state index contributed by atoms with van der Waals surface area (Å²) in [5, 5.41) is 12.3. The molecule has 0 saturated heterocycles. The van der Waals surface area contributed by atoms with E-state index in [1.54, 1.807) is 18.2 Å². The molecule has 2 aromatic carbocycles. The Bertz CT molecular complexity index is 845. The summed E-state index contributed by atoms with van der Waals surface area (Å²) >= 11 is 0. The van der Waals surface area contributed by atoms with Crippen LogP contribution < -0.4 is 15.8 Å². The molecule has 1 heterocycles. The number of carboxylic acid groups (broad SMARTS) is 1. The van der Waals surface area contributed by atoms with Crippen LogP contribution >= 0.6 is 0 Å². The highest BCUT2D eigenvalue weighted by Gasteiger charge is 2.36. The molecule has 25 heavy (non-hydrogen) atoms. The molecule has 0 aliphatic carbocycles. The Morgan fingerprint density at radius 3 is 2.68 bits per heavy atom. The summed E-state index contributed by atoms with van der Waals surface area (Å²) in [5.74, 6) is -0.149. The number of fused-ring (bicyclic) bond motifs is 1. The second kappa shape index (κ2) is 6.12. The maximum atomic E-state index is 11.5. The monoisotopic (exact) mass is 340 g/mol. The standard InChI is InChI=1S/C19H20N2O4/c1-19(2)10-13-9-14(25-18(23)24)6-7-15(13)21-16(19)11-4-3-5-12(8-11)17(20)22/h3-9,16,21H,10H2,1-2H3,(H2,20,22)(H,23,24). The zero-order valence-corrected chi connectivity index (χ0v) is 14.1. The first-order chi connectivity index (χ1) is 11.8. The van der Waals surface area contributed by atoms with Crippen molar-refractivity contribution in [2.24, 2.45) is 11.1 Å². The highest BCUT2D eigenvalue weighted by Crippen LogP contribution is 2.45. The molecule has 6 heteroatoms. The quantitative estimate of drug-likeness (QED) is 0.585. The minimum absolute atomic E-state index is 0.00876. The van der Waals surface area contributed by atoms with E-state index in [2.05, 4.69) is 19.2 Å². The van der Waals surface area contributed by atoms with Crippen molar-refractivity contribution >= 4 is 17.7 Å². The van der Waals surface area contributed by atoms with Gasteiger partial charge in [-0.15, -0.1) is 0 Å². The third kappa shape index (κ3) is 3.42. The smallest absolute Gasteiger partial charge is 0.449 e. The maximum absolute atomic E-state index is 11.5. The van der Waals surface area contributed by atoms with E-state index in [9.17, 15) is 9.59 Å². The molecule has 1 aliphatic heterocycles. The SMILES string of the molecule is CC1(C)Cc2cc(OC(=O)O)ccc2NC1c1cccc(C(N)=O)c1. The fourth-order valence-electron chi connectivity index (χ4n) is 3.37. The molecule has 0 saturated carbocycles. The maximum Gasteiger partial charge on any atom is 0.511 e. The van der Waals surface area contributed by atoms with Gasteiger partial charge in [0.05, 0.1) is 6.04 Å². The summed E-state index contributed by atoms with van der Waals surface area (Å²) in [5.41, 5.74) is 8.61. The van der Waals surface area contributed by atoms with Gasteiger partial charge in [0, 0.05) is 11.3 Å². The molecule has 6 nitrogen and oxygen atoms in total. The van der Waals surface area contributed by atoms with E-state index >= 15 is 0 Å². The highest BCUT2D eigenvalue weighted by atomic mass is 16.7. The average molecular weight is 340 g/mol. The molecular formula is C19H20N2O4. The van der Waals surface area contributed by atoms with Crippen LogP contribution in [0.2, 0.25) is 0 Å². The zero-order valence-electron chi connectivity index (χ0n) is 14.1. The molecule has 3 rings (SSSR count). The number of benzene rings is 2. The van der Waals surface area contributed by atoms with Gasteiger partial charge in [0.15, 0.2) is 0 Å². The highest BCUT2D eigenvalue weighted by molar-refractivity contribution is 5.93. The number of anilines is 1. The van der Waals surface area contributed by atoms with Crippen LogP contribution in [0, 0.1) is 5.41 Å². The van der Waals surface area contributed by atoms with Crippen LogP contribution in [0.25, 0.3) is 0 Å². The number of hydrogen-bond donors (Lipinski definition) is 3. The fraction of sp³-hybridized carbons (Fsp3) is 0.263. The van der Waals surface area contributed by atoms with Crippen molar-refractivity contribution in [1.29, 1.82) is 0 Å². The largest absolute Gasteiger partial charge is 0.511 e. The molecular weight excluding hydrogens is 320 g/mol. The van der Waals surface area contributed by atoms with E-state index in [1.165, 1.54) is 0 Å². The normalized spacial score (nSPS) is 17.9. The van der Waals surface area contributed by atoms with Gasteiger partial charge >= 0.3 is 6.16 Å². The molecule has 0 fully saturated rings. The number of nitrogens with one attached hydrogen (secondary N) is 1. The van der Waals surface area contributed by atoms with Crippen molar-refractivity contribution in [3.8, 4) is 5.75 Å². The van der Waals surface area contributed by atoms with Gasteiger partial charge in [-0.2, -0.15) is 0 Å². The van der Waals surface area contributed by atoms with Crippen LogP contribution in [0.4, 0.5) is 10.5 Å². The lowest BCUT2D eigenvalue weighted by atomic mass is 9.73. The summed E-state index contributed by atoms with van der Waals surface area (Å²) in [7, 11) is 0. The van der Waals surface area contributed by atoms with Gasteiger partial charge in [-0.1, -0.05) is 26.0 Å². The van der Waals surface area contributed by atoms with Gasteiger partial charge in [-0.3, -0.25) is 4.79 Å². The predicted octanol–water partition coefficient (Wildman–Crippen LogP) is 3.58.